The molecule has 4 heteroatoms. The second-order valence-electron chi connectivity index (χ2n) is 5.36. The Balaban J connectivity index is 1.88. The van der Waals surface area contributed by atoms with Gasteiger partial charge in [0, 0.05) is 17.6 Å². The number of carbonyl (C=O) groups is 1. The van der Waals surface area contributed by atoms with Gasteiger partial charge in [-0.25, -0.2) is 0 Å². The molecule has 20 heavy (non-hydrogen) atoms. The molecule has 1 aromatic carbocycles. The van der Waals surface area contributed by atoms with Crippen molar-refractivity contribution >= 4 is 22.5 Å². The van der Waals surface area contributed by atoms with E-state index in [4.69, 9.17) is 0 Å². The summed E-state index contributed by atoms with van der Waals surface area (Å²) in [6.07, 6.45) is 2.02. The molecule has 104 valence electrons. The third kappa shape index (κ3) is 2.65. The predicted octanol–water partition coefficient (Wildman–Crippen LogP) is 2.48. The largest absolute Gasteiger partial charge is 0.325 e. The number of hydrogen-bond acceptors (Lipinski definition) is 3. The van der Waals surface area contributed by atoms with E-state index < -0.39 is 0 Å². The van der Waals surface area contributed by atoms with Crippen molar-refractivity contribution in [2.75, 3.05) is 18.4 Å². The van der Waals surface area contributed by atoms with Crippen LogP contribution in [0.2, 0.25) is 0 Å². The van der Waals surface area contributed by atoms with Gasteiger partial charge in [0.05, 0.1) is 17.1 Å². The fraction of sp³-hybridized carbons (Fsp3) is 0.375. The fourth-order valence-electron chi connectivity index (χ4n) is 2.72. The Hall–Kier alpha value is -1.94. The Bertz CT molecular complexity index is 633. The topological polar surface area (TPSA) is 54.0 Å². The molecular weight excluding hydrogens is 250 g/mol. The standard InChI is InChI=1S/C16H19N3O/c1-11-9-15(13-6-2-3-7-14(13)18-11)19-16(20)12-5-4-8-17-10-12/h2-3,6-7,9,12,17H,4-5,8,10H2,1H3,(H,18,19,20)/t12-/m1/s1. The molecule has 2 heterocycles. The molecule has 0 aliphatic carbocycles. The minimum Gasteiger partial charge on any atom is -0.325 e. The lowest BCUT2D eigenvalue weighted by Crippen LogP contribution is -2.37. The molecule has 4 nitrogen and oxygen atoms in total. The van der Waals surface area contributed by atoms with Crippen LogP contribution in [0.5, 0.6) is 0 Å². The Morgan fingerprint density at radius 2 is 2.25 bits per heavy atom. The lowest BCUT2D eigenvalue weighted by atomic mass is 9.98. The van der Waals surface area contributed by atoms with Crippen molar-refractivity contribution in [1.29, 1.82) is 0 Å². The first-order valence-corrected chi connectivity index (χ1v) is 7.12. The molecule has 1 amide bonds. The van der Waals surface area contributed by atoms with Gasteiger partial charge in [-0.15, -0.1) is 0 Å². The Morgan fingerprint density at radius 1 is 1.40 bits per heavy atom. The van der Waals surface area contributed by atoms with E-state index in [0.717, 1.165) is 48.2 Å². The van der Waals surface area contributed by atoms with Gasteiger partial charge in [-0.05, 0) is 38.4 Å². The van der Waals surface area contributed by atoms with Crippen molar-refractivity contribution < 1.29 is 4.79 Å². The third-order valence-corrected chi connectivity index (χ3v) is 3.77. The molecule has 1 fully saturated rings. The molecule has 1 aliphatic heterocycles. The minimum absolute atomic E-state index is 0.0657. The number of aryl methyl sites for hydroxylation is 1. The number of anilines is 1. The summed E-state index contributed by atoms with van der Waals surface area (Å²) >= 11 is 0. The summed E-state index contributed by atoms with van der Waals surface area (Å²) in [5, 5.41) is 7.35. The quantitative estimate of drug-likeness (QED) is 0.880. The summed E-state index contributed by atoms with van der Waals surface area (Å²) in [5.74, 6) is 0.170. The van der Waals surface area contributed by atoms with Crippen LogP contribution in [0.4, 0.5) is 5.69 Å². The zero-order chi connectivity index (χ0) is 13.9. The molecule has 1 aliphatic rings. The summed E-state index contributed by atoms with van der Waals surface area (Å²) < 4.78 is 0. The average Bonchev–Trinajstić information content (AvgIpc) is 2.48. The van der Waals surface area contributed by atoms with Crippen molar-refractivity contribution in [2.45, 2.75) is 19.8 Å². The van der Waals surface area contributed by atoms with Gasteiger partial charge in [-0.2, -0.15) is 0 Å². The van der Waals surface area contributed by atoms with E-state index in [-0.39, 0.29) is 11.8 Å². The Morgan fingerprint density at radius 3 is 3.05 bits per heavy atom. The molecule has 0 spiro atoms. The zero-order valence-corrected chi connectivity index (χ0v) is 11.6. The molecule has 1 atom stereocenters. The lowest BCUT2D eigenvalue weighted by Gasteiger charge is -2.22. The van der Waals surface area contributed by atoms with E-state index in [1.807, 2.05) is 37.3 Å². The highest BCUT2D eigenvalue weighted by molar-refractivity contribution is 6.01. The summed E-state index contributed by atoms with van der Waals surface area (Å²) in [6, 6.07) is 9.84. The number of aromatic nitrogens is 1. The lowest BCUT2D eigenvalue weighted by molar-refractivity contribution is -0.120. The number of carbonyl (C=O) groups excluding carboxylic acids is 1. The number of hydrogen-bond donors (Lipinski definition) is 2. The van der Waals surface area contributed by atoms with Crippen LogP contribution in [-0.2, 0) is 4.79 Å². The van der Waals surface area contributed by atoms with Crippen LogP contribution in [0.3, 0.4) is 0 Å². The molecule has 1 saturated heterocycles. The summed E-state index contributed by atoms with van der Waals surface area (Å²) in [4.78, 5) is 16.8. The van der Waals surface area contributed by atoms with Crippen molar-refractivity contribution in [3.63, 3.8) is 0 Å². The Kier molecular flexibility index (Phi) is 3.65. The van der Waals surface area contributed by atoms with Gasteiger partial charge in [0.15, 0.2) is 0 Å². The van der Waals surface area contributed by atoms with Gasteiger partial charge in [-0.3, -0.25) is 9.78 Å². The van der Waals surface area contributed by atoms with Crippen LogP contribution in [0.1, 0.15) is 18.5 Å². The van der Waals surface area contributed by atoms with E-state index in [1.165, 1.54) is 0 Å². The number of amides is 1. The average molecular weight is 269 g/mol. The van der Waals surface area contributed by atoms with Crippen LogP contribution in [-0.4, -0.2) is 24.0 Å². The number of para-hydroxylation sites is 1. The molecule has 0 unspecified atom stereocenters. The van der Waals surface area contributed by atoms with Gasteiger partial charge < -0.3 is 10.6 Å². The molecular formula is C16H19N3O. The highest BCUT2D eigenvalue weighted by Crippen LogP contribution is 2.24. The van der Waals surface area contributed by atoms with Gasteiger partial charge in [-0.1, -0.05) is 18.2 Å². The second kappa shape index (κ2) is 5.59. The summed E-state index contributed by atoms with van der Waals surface area (Å²) in [5.41, 5.74) is 2.70. The van der Waals surface area contributed by atoms with E-state index in [9.17, 15) is 4.79 Å². The van der Waals surface area contributed by atoms with Crippen LogP contribution < -0.4 is 10.6 Å². The van der Waals surface area contributed by atoms with E-state index in [0.29, 0.717) is 0 Å². The van der Waals surface area contributed by atoms with E-state index in [2.05, 4.69) is 15.6 Å². The Labute approximate surface area is 118 Å². The first-order chi connectivity index (χ1) is 9.74. The van der Waals surface area contributed by atoms with Crippen molar-refractivity contribution in [3.05, 3.63) is 36.0 Å². The first-order valence-electron chi connectivity index (χ1n) is 7.12. The van der Waals surface area contributed by atoms with Crippen LogP contribution in [0.15, 0.2) is 30.3 Å². The third-order valence-electron chi connectivity index (χ3n) is 3.77. The van der Waals surface area contributed by atoms with Crippen LogP contribution in [0, 0.1) is 12.8 Å². The van der Waals surface area contributed by atoms with Gasteiger partial charge in [0.25, 0.3) is 0 Å². The summed E-state index contributed by atoms with van der Waals surface area (Å²) in [6.45, 7) is 3.74. The molecule has 1 aromatic heterocycles. The van der Waals surface area contributed by atoms with Gasteiger partial charge >= 0.3 is 0 Å². The SMILES string of the molecule is Cc1cc(NC(=O)[C@@H]2CCCNC2)c2ccccc2n1. The maximum Gasteiger partial charge on any atom is 0.228 e. The maximum absolute atomic E-state index is 12.4. The van der Waals surface area contributed by atoms with E-state index in [1.54, 1.807) is 0 Å². The second-order valence-corrected chi connectivity index (χ2v) is 5.36. The molecule has 2 N–H and O–H groups in total. The van der Waals surface area contributed by atoms with Gasteiger partial charge in [0.2, 0.25) is 5.91 Å². The van der Waals surface area contributed by atoms with Gasteiger partial charge in [0.1, 0.15) is 0 Å². The zero-order valence-electron chi connectivity index (χ0n) is 11.6. The number of benzene rings is 1. The predicted molar refractivity (Wildman–Crippen MR) is 80.7 cm³/mol. The molecule has 0 radical (unpaired) electrons. The fourth-order valence-corrected chi connectivity index (χ4v) is 2.72. The number of piperidine rings is 1. The van der Waals surface area contributed by atoms with Crippen molar-refractivity contribution in [3.8, 4) is 0 Å². The molecule has 0 saturated carbocycles. The van der Waals surface area contributed by atoms with Crippen LogP contribution >= 0.6 is 0 Å². The number of nitrogens with zero attached hydrogens (tertiary/aromatic N) is 1. The number of pyridine rings is 1. The molecule has 2 aromatic rings. The van der Waals surface area contributed by atoms with E-state index >= 15 is 0 Å². The number of fused-ring (bicyclic) bond motifs is 1. The summed E-state index contributed by atoms with van der Waals surface area (Å²) in [7, 11) is 0. The van der Waals surface area contributed by atoms with Crippen LogP contribution in [0.25, 0.3) is 10.9 Å². The smallest absolute Gasteiger partial charge is 0.228 e. The van der Waals surface area contributed by atoms with Crippen molar-refractivity contribution in [1.82, 2.24) is 10.3 Å². The normalized spacial score (nSPS) is 18.9. The number of nitrogens with one attached hydrogen (secondary N) is 2. The monoisotopic (exact) mass is 269 g/mol. The minimum atomic E-state index is 0.0657. The maximum atomic E-state index is 12.4. The number of rotatable bonds is 2. The first kappa shape index (κ1) is 13.1. The molecule has 0 bridgehead atoms. The highest BCUT2D eigenvalue weighted by atomic mass is 16.1. The van der Waals surface area contributed by atoms with Crippen molar-refractivity contribution in [2.24, 2.45) is 5.92 Å². The molecule has 3 rings (SSSR count). The highest BCUT2D eigenvalue weighted by Gasteiger charge is 2.21.